The summed E-state index contributed by atoms with van der Waals surface area (Å²) in [5.41, 5.74) is 4.38. The second kappa shape index (κ2) is 10.5. The van der Waals surface area contributed by atoms with E-state index in [2.05, 4.69) is 58.2 Å². The third-order valence-electron chi connectivity index (χ3n) is 5.58. The number of anilines is 1. The van der Waals surface area contributed by atoms with Crippen LogP contribution in [0.25, 0.3) is 0 Å². The van der Waals surface area contributed by atoms with Crippen molar-refractivity contribution in [2.75, 3.05) is 24.5 Å². The molecule has 0 radical (unpaired) electrons. The Morgan fingerprint density at radius 1 is 1.18 bits per heavy atom. The van der Waals surface area contributed by atoms with Crippen LogP contribution < -0.4 is 15.5 Å². The maximum atomic E-state index is 4.86. The molecule has 1 saturated heterocycles. The molecule has 1 fully saturated rings. The molecule has 2 aliphatic rings. The third kappa shape index (κ3) is 5.41. The summed E-state index contributed by atoms with van der Waals surface area (Å²) in [6.07, 6.45) is 6.08. The number of benzene rings is 1. The highest BCUT2D eigenvalue weighted by Crippen LogP contribution is 2.25. The Bertz CT molecular complexity index is 767. The van der Waals surface area contributed by atoms with Gasteiger partial charge in [-0.25, -0.2) is 4.99 Å². The molecule has 0 amide bonds. The highest BCUT2D eigenvalue weighted by molar-refractivity contribution is 14.0. The van der Waals surface area contributed by atoms with E-state index >= 15 is 0 Å². The average Bonchev–Trinajstić information content (AvgIpc) is 3.38. The van der Waals surface area contributed by atoms with Crippen LogP contribution in [-0.4, -0.2) is 31.6 Å². The Morgan fingerprint density at radius 3 is 2.75 bits per heavy atom. The Labute approximate surface area is 189 Å². The first-order chi connectivity index (χ1) is 13.3. The van der Waals surface area contributed by atoms with Gasteiger partial charge >= 0.3 is 0 Å². The van der Waals surface area contributed by atoms with Gasteiger partial charge < -0.3 is 15.5 Å². The normalized spacial score (nSPS) is 17.2. The monoisotopic (exact) mass is 510 g/mol. The summed E-state index contributed by atoms with van der Waals surface area (Å²) < 4.78 is 0. The van der Waals surface area contributed by atoms with Crippen molar-refractivity contribution >= 4 is 46.3 Å². The SMILES string of the molecule is CCNC(=NCc1ccc2c(c1)CCC2)NC1CCN(c2cccs2)CC1.I. The highest BCUT2D eigenvalue weighted by Gasteiger charge is 2.20. The first-order valence-corrected chi connectivity index (χ1v) is 11.1. The first kappa shape index (κ1) is 21.4. The molecule has 4 rings (SSSR count). The molecule has 1 aromatic carbocycles. The topological polar surface area (TPSA) is 39.7 Å². The van der Waals surface area contributed by atoms with Gasteiger partial charge in [0.2, 0.25) is 0 Å². The van der Waals surface area contributed by atoms with Gasteiger partial charge in [-0.15, -0.1) is 35.3 Å². The predicted molar refractivity (Wildman–Crippen MR) is 131 cm³/mol. The van der Waals surface area contributed by atoms with Crippen LogP contribution in [0.1, 0.15) is 42.9 Å². The Balaban J connectivity index is 0.00000225. The zero-order valence-corrected chi connectivity index (χ0v) is 19.8. The fourth-order valence-electron chi connectivity index (χ4n) is 4.10. The lowest BCUT2D eigenvalue weighted by molar-refractivity contribution is 0.463. The molecule has 0 spiro atoms. The van der Waals surface area contributed by atoms with Gasteiger partial charge in [0.25, 0.3) is 0 Å². The summed E-state index contributed by atoms with van der Waals surface area (Å²) in [5, 5.41) is 10.6. The number of hydrogen-bond acceptors (Lipinski definition) is 3. The van der Waals surface area contributed by atoms with Gasteiger partial charge in [-0.1, -0.05) is 18.2 Å². The minimum Gasteiger partial charge on any atom is -0.363 e. The molecule has 0 unspecified atom stereocenters. The van der Waals surface area contributed by atoms with Crippen molar-refractivity contribution in [1.82, 2.24) is 10.6 Å². The van der Waals surface area contributed by atoms with E-state index in [0.717, 1.165) is 45.0 Å². The van der Waals surface area contributed by atoms with E-state index in [4.69, 9.17) is 4.99 Å². The second-order valence-electron chi connectivity index (χ2n) is 7.51. The summed E-state index contributed by atoms with van der Waals surface area (Å²) in [4.78, 5) is 7.35. The van der Waals surface area contributed by atoms with E-state index in [1.165, 1.54) is 41.0 Å². The number of nitrogens with zero attached hydrogens (tertiary/aromatic N) is 2. The molecule has 0 bridgehead atoms. The van der Waals surface area contributed by atoms with Crippen LogP contribution >= 0.6 is 35.3 Å². The molecule has 2 N–H and O–H groups in total. The number of hydrogen-bond donors (Lipinski definition) is 2. The zero-order chi connectivity index (χ0) is 18.5. The summed E-state index contributed by atoms with van der Waals surface area (Å²) in [6.45, 7) is 6.00. The molecule has 28 heavy (non-hydrogen) atoms. The van der Waals surface area contributed by atoms with Crippen molar-refractivity contribution < 1.29 is 0 Å². The fraction of sp³-hybridized carbons (Fsp3) is 0.500. The lowest BCUT2D eigenvalue weighted by atomic mass is 10.1. The van der Waals surface area contributed by atoms with E-state index in [1.807, 2.05) is 11.3 Å². The minimum atomic E-state index is 0. The molecular weight excluding hydrogens is 479 g/mol. The fourth-order valence-corrected chi connectivity index (χ4v) is 4.89. The molecule has 1 aliphatic heterocycles. The number of aliphatic imine (C=N–C) groups is 1. The molecule has 1 aliphatic carbocycles. The maximum absolute atomic E-state index is 4.86. The maximum Gasteiger partial charge on any atom is 0.191 e. The number of piperidine rings is 1. The number of thiophene rings is 1. The van der Waals surface area contributed by atoms with Crippen molar-refractivity contribution in [2.24, 2.45) is 4.99 Å². The summed E-state index contributed by atoms with van der Waals surface area (Å²) in [6, 6.07) is 11.8. The van der Waals surface area contributed by atoms with Crippen LogP contribution in [0.5, 0.6) is 0 Å². The number of rotatable bonds is 5. The molecule has 2 heterocycles. The number of aryl methyl sites for hydroxylation is 2. The van der Waals surface area contributed by atoms with Crippen LogP contribution in [0.3, 0.4) is 0 Å². The van der Waals surface area contributed by atoms with E-state index in [-0.39, 0.29) is 24.0 Å². The van der Waals surface area contributed by atoms with Gasteiger partial charge in [0.05, 0.1) is 11.5 Å². The van der Waals surface area contributed by atoms with E-state index < -0.39 is 0 Å². The van der Waals surface area contributed by atoms with Gasteiger partial charge in [0.15, 0.2) is 5.96 Å². The van der Waals surface area contributed by atoms with Crippen molar-refractivity contribution in [3.63, 3.8) is 0 Å². The molecule has 1 aromatic heterocycles. The smallest absolute Gasteiger partial charge is 0.191 e. The van der Waals surface area contributed by atoms with Crippen molar-refractivity contribution in [1.29, 1.82) is 0 Å². The zero-order valence-electron chi connectivity index (χ0n) is 16.6. The Morgan fingerprint density at radius 2 is 2.00 bits per heavy atom. The van der Waals surface area contributed by atoms with Crippen molar-refractivity contribution in [3.8, 4) is 0 Å². The third-order valence-corrected chi connectivity index (χ3v) is 6.51. The van der Waals surface area contributed by atoms with Crippen molar-refractivity contribution in [2.45, 2.75) is 51.6 Å². The first-order valence-electron chi connectivity index (χ1n) is 10.3. The lowest BCUT2D eigenvalue weighted by Gasteiger charge is -2.33. The Kier molecular flexibility index (Phi) is 8.02. The molecule has 4 nitrogen and oxygen atoms in total. The van der Waals surface area contributed by atoms with Crippen molar-refractivity contribution in [3.05, 3.63) is 52.4 Å². The van der Waals surface area contributed by atoms with Gasteiger partial charge in [-0.2, -0.15) is 0 Å². The number of halogens is 1. The standard InChI is InChI=1S/C22H30N4S.HI/c1-2-23-22(24-16-17-8-9-18-5-3-6-19(18)15-17)25-20-10-12-26(13-11-20)21-7-4-14-27-21;/h4,7-9,14-15,20H,2-3,5-6,10-13,16H2,1H3,(H2,23,24,25);1H. The summed E-state index contributed by atoms with van der Waals surface area (Å²) >= 11 is 1.84. The molecule has 0 saturated carbocycles. The highest BCUT2D eigenvalue weighted by atomic mass is 127. The van der Waals surface area contributed by atoms with Gasteiger partial charge in [0.1, 0.15) is 0 Å². The number of fused-ring (bicyclic) bond motifs is 1. The quantitative estimate of drug-likeness (QED) is 0.352. The molecular formula is C22H31IN4S. The molecule has 0 atom stereocenters. The summed E-state index contributed by atoms with van der Waals surface area (Å²) in [5.74, 6) is 0.951. The molecule has 152 valence electrons. The second-order valence-corrected chi connectivity index (χ2v) is 8.43. The number of nitrogens with one attached hydrogen (secondary N) is 2. The van der Waals surface area contributed by atoms with E-state index in [1.54, 1.807) is 0 Å². The Hall–Kier alpha value is -1.28. The molecule has 6 heteroatoms. The van der Waals surface area contributed by atoms with E-state index in [0.29, 0.717) is 6.04 Å². The average molecular weight is 510 g/mol. The number of guanidine groups is 1. The summed E-state index contributed by atoms with van der Waals surface area (Å²) in [7, 11) is 0. The van der Waals surface area contributed by atoms with Crippen LogP contribution in [0.15, 0.2) is 40.7 Å². The van der Waals surface area contributed by atoms with Gasteiger partial charge in [0, 0.05) is 25.7 Å². The van der Waals surface area contributed by atoms with Gasteiger partial charge in [-0.3, -0.25) is 0 Å². The minimum absolute atomic E-state index is 0. The van der Waals surface area contributed by atoms with Crippen LogP contribution in [0.4, 0.5) is 5.00 Å². The van der Waals surface area contributed by atoms with Crippen LogP contribution in [0.2, 0.25) is 0 Å². The van der Waals surface area contributed by atoms with Crippen LogP contribution in [0, 0.1) is 0 Å². The van der Waals surface area contributed by atoms with Crippen LogP contribution in [-0.2, 0) is 19.4 Å². The predicted octanol–water partition coefficient (Wildman–Crippen LogP) is 4.58. The lowest BCUT2D eigenvalue weighted by Crippen LogP contribution is -2.48. The van der Waals surface area contributed by atoms with Gasteiger partial charge in [-0.05, 0) is 73.2 Å². The largest absolute Gasteiger partial charge is 0.363 e. The van der Waals surface area contributed by atoms with E-state index in [9.17, 15) is 0 Å². The molecule has 2 aromatic rings.